The summed E-state index contributed by atoms with van der Waals surface area (Å²) in [5.41, 5.74) is 7.53. The molecule has 4 unspecified atom stereocenters. The van der Waals surface area contributed by atoms with Crippen molar-refractivity contribution >= 4 is 23.8 Å². The smallest absolute Gasteiger partial charge is 0.143 e. The van der Waals surface area contributed by atoms with Gasteiger partial charge in [0, 0.05) is 44.0 Å². The molecule has 5 fully saturated rings. The summed E-state index contributed by atoms with van der Waals surface area (Å²) < 4.78 is 5.38. The first kappa shape index (κ1) is 19.2. The van der Waals surface area contributed by atoms with Crippen LogP contribution in [0, 0.1) is 17.8 Å². The Hall–Kier alpha value is -1.17. The molecule has 5 nitrogen and oxygen atoms in total. The number of benzene rings is 1. The summed E-state index contributed by atoms with van der Waals surface area (Å²) in [6.07, 6.45) is 5.84. The lowest BCUT2D eigenvalue weighted by atomic mass is 9.52. The highest BCUT2D eigenvalue weighted by Gasteiger charge is 2.56. The van der Waals surface area contributed by atoms with E-state index in [1.165, 1.54) is 18.5 Å². The number of hydrogen-bond donors (Lipinski definition) is 2. The Morgan fingerprint density at radius 3 is 2.33 bits per heavy atom. The molecular weight excluding hydrogens is 362 g/mol. The normalized spacial score (nSPS) is 37.9. The third-order valence-electron chi connectivity index (χ3n) is 7.51. The number of anilines is 2. The van der Waals surface area contributed by atoms with E-state index in [1.54, 1.807) is 7.11 Å². The number of hydrogen-bond acceptors (Lipinski definition) is 5. The Bertz CT molecular complexity index is 676. The van der Waals surface area contributed by atoms with Crippen molar-refractivity contribution in [1.29, 1.82) is 0 Å². The molecule has 1 aliphatic heterocycles. The summed E-state index contributed by atoms with van der Waals surface area (Å²) in [5.74, 6) is 2.99. The molecule has 6 rings (SSSR count). The van der Waals surface area contributed by atoms with Gasteiger partial charge in [0.05, 0.1) is 18.4 Å². The topological polar surface area (TPSA) is 62.0 Å². The number of piperazine rings is 1. The molecule has 1 aromatic rings. The molecule has 5 aliphatic rings. The minimum atomic E-state index is -0.324. The van der Waals surface area contributed by atoms with Gasteiger partial charge in [-0.1, -0.05) is 0 Å². The first-order valence-corrected chi connectivity index (χ1v) is 10.2. The zero-order valence-corrected chi connectivity index (χ0v) is 17.0. The van der Waals surface area contributed by atoms with Crippen LogP contribution in [0.1, 0.15) is 32.1 Å². The standard InChI is InChI=1S/C21H31N3O2.ClH/c1-26-19-10-17(2-3-18(19)22)23-4-6-24(7-5-23)20-15-8-14-9-16(20)13-21(25,11-14)12-15;/h2-3,10,14-16,20,25H,4-9,11-13,22H2,1H3;1H/t14?,15-,16?,20?,21?;/m0./s1. The molecule has 1 aromatic carbocycles. The second-order valence-corrected chi connectivity index (χ2v) is 9.13. The van der Waals surface area contributed by atoms with Crippen LogP contribution in [0.5, 0.6) is 5.75 Å². The minimum absolute atomic E-state index is 0. The number of aliphatic hydroxyl groups is 1. The predicted octanol–water partition coefficient (Wildman–Crippen LogP) is 2.76. The molecule has 150 valence electrons. The van der Waals surface area contributed by atoms with Crippen LogP contribution >= 0.6 is 12.4 Å². The molecule has 0 spiro atoms. The molecule has 27 heavy (non-hydrogen) atoms. The van der Waals surface area contributed by atoms with Crippen LogP contribution in [-0.2, 0) is 0 Å². The molecule has 5 atom stereocenters. The lowest BCUT2D eigenvalue weighted by Gasteiger charge is -2.61. The third-order valence-corrected chi connectivity index (χ3v) is 7.51. The molecule has 4 aliphatic carbocycles. The number of methoxy groups -OCH3 is 1. The largest absolute Gasteiger partial charge is 0.495 e. The van der Waals surface area contributed by atoms with Gasteiger partial charge in [0.25, 0.3) is 0 Å². The van der Waals surface area contributed by atoms with Crippen molar-refractivity contribution in [3.63, 3.8) is 0 Å². The number of rotatable bonds is 3. The van der Waals surface area contributed by atoms with Gasteiger partial charge in [-0.3, -0.25) is 4.90 Å². The van der Waals surface area contributed by atoms with Gasteiger partial charge in [-0.25, -0.2) is 0 Å². The Morgan fingerprint density at radius 2 is 1.74 bits per heavy atom. The number of ether oxygens (including phenoxy) is 1. The second kappa shape index (κ2) is 7.02. The summed E-state index contributed by atoms with van der Waals surface area (Å²) in [6.45, 7) is 4.34. The van der Waals surface area contributed by atoms with E-state index < -0.39 is 0 Å². The fourth-order valence-electron chi connectivity index (χ4n) is 6.73. The summed E-state index contributed by atoms with van der Waals surface area (Å²) in [4.78, 5) is 5.18. The second-order valence-electron chi connectivity index (χ2n) is 9.13. The highest BCUT2D eigenvalue weighted by atomic mass is 35.5. The van der Waals surface area contributed by atoms with E-state index in [4.69, 9.17) is 10.5 Å². The molecule has 4 bridgehead atoms. The monoisotopic (exact) mass is 393 g/mol. The maximum absolute atomic E-state index is 10.8. The maximum atomic E-state index is 10.8. The molecule has 4 saturated carbocycles. The molecule has 1 saturated heterocycles. The average Bonchev–Trinajstić information content (AvgIpc) is 2.61. The zero-order chi connectivity index (χ0) is 17.9. The summed E-state index contributed by atoms with van der Waals surface area (Å²) in [5, 5.41) is 10.8. The van der Waals surface area contributed by atoms with Crippen molar-refractivity contribution in [2.45, 2.75) is 43.7 Å². The van der Waals surface area contributed by atoms with E-state index in [1.807, 2.05) is 6.07 Å². The van der Waals surface area contributed by atoms with Gasteiger partial charge in [-0.2, -0.15) is 0 Å². The highest BCUT2D eigenvalue weighted by molar-refractivity contribution is 5.85. The van der Waals surface area contributed by atoms with Crippen LogP contribution in [0.2, 0.25) is 0 Å². The highest BCUT2D eigenvalue weighted by Crippen LogP contribution is 2.57. The lowest BCUT2D eigenvalue weighted by molar-refractivity contribution is -0.160. The van der Waals surface area contributed by atoms with Crippen molar-refractivity contribution < 1.29 is 9.84 Å². The van der Waals surface area contributed by atoms with Gasteiger partial charge >= 0.3 is 0 Å². The van der Waals surface area contributed by atoms with Crippen molar-refractivity contribution in [3.8, 4) is 5.75 Å². The number of halogens is 1. The average molecular weight is 394 g/mol. The predicted molar refractivity (Wildman–Crippen MR) is 111 cm³/mol. The van der Waals surface area contributed by atoms with Crippen LogP contribution in [0.4, 0.5) is 11.4 Å². The van der Waals surface area contributed by atoms with Gasteiger partial charge < -0.3 is 20.5 Å². The minimum Gasteiger partial charge on any atom is -0.495 e. The third kappa shape index (κ3) is 3.28. The van der Waals surface area contributed by atoms with E-state index in [2.05, 4.69) is 21.9 Å². The molecule has 3 N–H and O–H groups in total. The fourth-order valence-corrected chi connectivity index (χ4v) is 6.73. The van der Waals surface area contributed by atoms with Gasteiger partial charge in [0.15, 0.2) is 0 Å². The number of nitrogens with two attached hydrogens (primary N) is 1. The Kier molecular flexibility index (Phi) is 4.98. The van der Waals surface area contributed by atoms with Crippen LogP contribution < -0.4 is 15.4 Å². The number of nitrogens with zero attached hydrogens (tertiary/aromatic N) is 2. The van der Waals surface area contributed by atoms with Crippen LogP contribution in [0.25, 0.3) is 0 Å². The molecule has 0 radical (unpaired) electrons. The summed E-state index contributed by atoms with van der Waals surface area (Å²) in [6, 6.07) is 6.81. The quantitative estimate of drug-likeness (QED) is 0.773. The van der Waals surface area contributed by atoms with Gasteiger partial charge in [0.2, 0.25) is 0 Å². The lowest BCUT2D eigenvalue weighted by Crippen LogP contribution is -2.64. The SMILES string of the molecule is COc1cc(N2CCN(C3C4CC5C[C@H]3CC(O)(C5)C4)CC2)ccc1N.Cl. The van der Waals surface area contributed by atoms with E-state index in [0.717, 1.165) is 68.9 Å². The van der Waals surface area contributed by atoms with E-state index >= 15 is 0 Å². The van der Waals surface area contributed by atoms with Crippen molar-refractivity contribution in [2.75, 3.05) is 43.9 Å². The number of nitrogen functional groups attached to an aromatic ring is 1. The van der Waals surface area contributed by atoms with Crippen molar-refractivity contribution in [1.82, 2.24) is 4.90 Å². The molecule has 1 heterocycles. The summed E-state index contributed by atoms with van der Waals surface area (Å²) in [7, 11) is 1.67. The van der Waals surface area contributed by atoms with E-state index in [-0.39, 0.29) is 18.0 Å². The van der Waals surface area contributed by atoms with Crippen LogP contribution in [-0.4, -0.2) is 54.9 Å². The van der Waals surface area contributed by atoms with E-state index in [9.17, 15) is 5.11 Å². The van der Waals surface area contributed by atoms with E-state index in [0.29, 0.717) is 11.7 Å². The molecule has 0 amide bonds. The molecule has 0 aromatic heterocycles. The summed E-state index contributed by atoms with van der Waals surface area (Å²) >= 11 is 0. The van der Waals surface area contributed by atoms with Gasteiger partial charge in [-0.05, 0) is 62.0 Å². The van der Waals surface area contributed by atoms with Crippen LogP contribution in [0.3, 0.4) is 0 Å². The Morgan fingerprint density at radius 1 is 1.07 bits per heavy atom. The van der Waals surface area contributed by atoms with Gasteiger partial charge in [-0.15, -0.1) is 12.4 Å². The fraction of sp³-hybridized carbons (Fsp3) is 0.714. The molecular formula is C21H32ClN3O2. The first-order valence-electron chi connectivity index (χ1n) is 10.2. The zero-order valence-electron chi connectivity index (χ0n) is 16.1. The first-order chi connectivity index (χ1) is 12.5. The van der Waals surface area contributed by atoms with Gasteiger partial charge in [0.1, 0.15) is 5.75 Å². The van der Waals surface area contributed by atoms with Crippen molar-refractivity contribution in [3.05, 3.63) is 18.2 Å². The Balaban J connectivity index is 0.00000180. The van der Waals surface area contributed by atoms with Crippen molar-refractivity contribution in [2.24, 2.45) is 17.8 Å². The molecule has 6 heteroatoms. The maximum Gasteiger partial charge on any atom is 0.143 e. The van der Waals surface area contributed by atoms with Crippen LogP contribution in [0.15, 0.2) is 18.2 Å². The Labute approximate surface area is 168 Å².